The van der Waals surface area contributed by atoms with Crippen LogP contribution in [0.5, 0.6) is 5.75 Å². The van der Waals surface area contributed by atoms with E-state index in [1.54, 1.807) is 13.3 Å². The van der Waals surface area contributed by atoms with Crippen LogP contribution in [0, 0.1) is 6.92 Å². The Morgan fingerprint density at radius 1 is 0.821 bits per heavy atom. The van der Waals surface area contributed by atoms with Crippen LogP contribution in [0.2, 0.25) is 0 Å². The molecule has 3 heterocycles. The molecule has 0 N–H and O–H groups in total. The average molecular weight is 516 g/mol. The van der Waals surface area contributed by atoms with E-state index in [1.807, 2.05) is 65.7 Å². The van der Waals surface area contributed by atoms with Gasteiger partial charge < -0.3 is 14.5 Å². The zero-order valence-corrected chi connectivity index (χ0v) is 22.0. The van der Waals surface area contributed by atoms with Gasteiger partial charge >= 0.3 is 0 Å². The SMILES string of the molecule is COc1ccc(-c2cnc(C(=O)N3CCN(c4cnc5ccccc5c4)CC3)nc2-c2ccc(C)cc2)cc1. The molecule has 1 aliphatic heterocycles. The number of pyridine rings is 1. The van der Waals surface area contributed by atoms with Crippen LogP contribution in [-0.4, -0.2) is 59.0 Å². The number of hydrogen-bond acceptors (Lipinski definition) is 6. The third-order valence-corrected chi connectivity index (χ3v) is 7.21. The Balaban J connectivity index is 1.25. The Kier molecular flexibility index (Phi) is 6.63. The van der Waals surface area contributed by atoms with Crippen molar-refractivity contribution in [2.45, 2.75) is 6.92 Å². The van der Waals surface area contributed by atoms with Gasteiger partial charge in [0.05, 0.1) is 30.2 Å². The predicted molar refractivity (Wildman–Crippen MR) is 154 cm³/mol. The number of aromatic nitrogens is 3. The van der Waals surface area contributed by atoms with Gasteiger partial charge in [-0.1, -0.05) is 60.2 Å². The maximum atomic E-state index is 13.5. The highest BCUT2D eigenvalue weighted by molar-refractivity contribution is 5.92. The second-order valence-corrected chi connectivity index (χ2v) is 9.72. The molecule has 0 saturated carbocycles. The van der Waals surface area contributed by atoms with Gasteiger partial charge in [-0.3, -0.25) is 9.78 Å². The van der Waals surface area contributed by atoms with Gasteiger partial charge in [-0.05, 0) is 36.8 Å². The Morgan fingerprint density at radius 2 is 1.54 bits per heavy atom. The minimum absolute atomic E-state index is 0.152. The molecule has 6 rings (SSSR count). The molecule has 0 unspecified atom stereocenters. The molecule has 0 bridgehead atoms. The number of ether oxygens (including phenoxy) is 1. The summed E-state index contributed by atoms with van der Waals surface area (Å²) >= 11 is 0. The molecule has 0 atom stereocenters. The van der Waals surface area contributed by atoms with Gasteiger partial charge in [-0.15, -0.1) is 0 Å². The predicted octanol–water partition coefficient (Wildman–Crippen LogP) is 5.64. The number of carbonyl (C=O) groups is 1. The molecule has 7 nitrogen and oxygen atoms in total. The topological polar surface area (TPSA) is 71.5 Å². The molecule has 194 valence electrons. The lowest BCUT2D eigenvalue weighted by molar-refractivity contribution is 0.0734. The number of anilines is 1. The molecular weight excluding hydrogens is 486 g/mol. The lowest BCUT2D eigenvalue weighted by atomic mass is 10.00. The number of nitrogens with zero attached hydrogens (tertiary/aromatic N) is 5. The minimum Gasteiger partial charge on any atom is -0.497 e. The highest BCUT2D eigenvalue weighted by atomic mass is 16.5. The van der Waals surface area contributed by atoms with Gasteiger partial charge in [0.25, 0.3) is 5.91 Å². The van der Waals surface area contributed by atoms with Crippen molar-refractivity contribution in [2.75, 3.05) is 38.2 Å². The van der Waals surface area contributed by atoms with E-state index in [1.165, 1.54) is 0 Å². The van der Waals surface area contributed by atoms with Crippen LogP contribution in [0.1, 0.15) is 16.2 Å². The van der Waals surface area contributed by atoms with Crippen LogP contribution in [0.3, 0.4) is 0 Å². The zero-order chi connectivity index (χ0) is 26.8. The van der Waals surface area contributed by atoms with Gasteiger partial charge in [-0.2, -0.15) is 0 Å². The molecule has 39 heavy (non-hydrogen) atoms. The first-order valence-corrected chi connectivity index (χ1v) is 13.1. The first-order valence-electron chi connectivity index (χ1n) is 13.1. The highest BCUT2D eigenvalue weighted by Gasteiger charge is 2.25. The van der Waals surface area contributed by atoms with Gasteiger partial charge in [0.1, 0.15) is 5.75 Å². The summed E-state index contributed by atoms with van der Waals surface area (Å²) in [5, 5.41) is 1.11. The van der Waals surface area contributed by atoms with E-state index in [-0.39, 0.29) is 11.7 Å². The average Bonchev–Trinajstić information content (AvgIpc) is 3.01. The molecule has 5 aromatic rings. The third-order valence-electron chi connectivity index (χ3n) is 7.21. The molecule has 1 fully saturated rings. The number of fused-ring (bicyclic) bond motifs is 1. The summed E-state index contributed by atoms with van der Waals surface area (Å²) < 4.78 is 5.32. The Labute approximate surface area is 227 Å². The molecule has 1 aliphatic rings. The molecule has 2 aromatic heterocycles. The van der Waals surface area contributed by atoms with Crippen molar-refractivity contribution < 1.29 is 9.53 Å². The smallest absolute Gasteiger partial charge is 0.291 e. The quantitative estimate of drug-likeness (QED) is 0.302. The van der Waals surface area contributed by atoms with Crippen LogP contribution in [0.4, 0.5) is 5.69 Å². The van der Waals surface area contributed by atoms with Crippen molar-refractivity contribution in [2.24, 2.45) is 0 Å². The van der Waals surface area contributed by atoms with E-state index in [4.69, 9.17) is 9.72 Å². The molecule has 1 amide bonds. The van der Waals surface area contributed by atoms with E-state index in [0.717, 1.165) is 63.4 Å². The second kappa shape index (κ2) is 10.5. The molecular formula is C32H29N5O2. The normalized spacial score (nSPS) is 13.5. The van der Waals surface area contributed by atoms with Crippen molar-refractivity contribution in [3.63, 3.8) is 0 Å². The van der Waals surface area contributed by atoms with E-state index in [9.17, 15) is 4.79 Å². The fourth-order valence-electron chi connectivity index (χ4n) is 4.94. The van der Waals surface area contributed by atoms with Crippen LogP contribution in [-0.2, 0) is 0 Å². The summed E-state index contributed by atoms with van der Waals surface area (Å²) in [6, 6.07) is 26.2. The number of piperazine rings is 1. The van der Waals surface area contributed by atoms with Crippen molar-refractivity contribution in [3.8, 4) is 28.1 Å². The van der Waals surface area contributed by atoms with E-state index >= 15 is 0 Å². The van der Waals surface area contributed by atoms with Crippen molar-refractivity contribution in [1.29, 1.82) is 0 Å². The first-order chi connectivity index (χ1) is 19.1. The fraction of sp³-hybridized carbons (Fsp3) is 0.188. The van der Waals surface area contributed by atoms with E-state index in [2.05, 4.69) is 46.1 Å². The number of amides is 1. The third kappa shape index (κ3) is 5.03. The largest absolute Gasteiger partial charge is 0.497 e. The van der Waals surface area contributed by atoms with Crippen molar-refractivity contribution in [1.82, 2.24) is 19.9 Å². The maximum absolute atomic E-state index is 13.5. The van der Waals surface area contributed by atoms with Gasteiger partial charge in [-0.25, -0.2) is 9.97 Å². The van der Waals surface area contributed by atoms with Crippen LogP contribution >= 0.6 is 0 Å². The highest BCUT2D eigenvalue weighted by Crippen LogP contribution is 2.32. The number of benzene rings is 3. The summed E-state index contributed by atoms with van der Waals surface area (Å²) in [5.74, 6) is 0.839. The van der Waals surface area contributed by atoms with Crippen molar-refractivity contribution in [3.05, 3.63) is 103 Å². The number of carbonyl (C=O) groups excluding carboxylic acids is 1. The summed E-state index contributed by atoms with van der Waals surface area (Å²) in [6.45, 7) is 4.68. The summed E-state index contributed by atoms with van der Waals surface area (Å²) in [4.78, 5) is 31.6. The van der Waals surface area contributed by atoms with Crippen LogP contribution in [0.15, 0.2) is 91.3 Å². The Bertz CT molecular complexity index is 1630. The van der Waals surface area contributed by atoms with Gasteiger partial charge in [0.15, 0.2) is 0 Å². The number of rotatable bonds is 5. The maximum Gasteiger partial charge on any atom is 0.291 e. The molecule has 3 aromatic carbocycles. The fourth-order valence-corrected chi connectivity index (χ4v) is 4.94. The van der Waals surface area contributed by atoms with E-state index in [0.29, 0.717) is 13.1 Å². The zero-order valence-electron chi connectivity index (χ0n) is 22.0. The minimum atomic E-state index is -0.152. The van der Waals surface area contributed by atoms with Crippen LogP contribution in [0.25, 0.3) is 33.3 Å². The number of methoxy groups -OCH3 is 1. The lowest BCUT2D eigenvalue weighted by Gasteiger charge is -2.35. The van der Waals surface area contributed by atoms with Gasteiger partial charge in [0, 0.05) is 48.9 Å². The summed E-state index contributed by atoms with van der Waals surface area (Å²) in [5.41, 5.74) is 6.72. The van der Waals surface area contributed by atoms with Gasteiger partial charge in [0.2, 0.25) is 5.82 Å². The monoisotopic (exact) mass is 515 g/mol. The summed E-state index contributed by atoms with van der Waals surface area (Å²) in [6.07, 6.45) is 3.67. The standard InChI is InChI=1S/C32H29N5O2/c1-22-7-9-24(10-8-22)30-28(23-11-13-27(39-2)14-12-23)21-34-31(35-30)32(38)37-17-15-36(16-18-37)26-19-25-5-3-4-6-29(25)33-20-26/h3-14,19-21H,15-18H2,1-2H3. The van der Waals surface area contributed by atoms with Crippen LogP contribution < -0.4 is 9.64 Å². The molecule has 0 aliphatic carbocycles. The first kappa shape index (κ1) is 24.6. The summed E-state index contributed by atoms with van der Waals surface area (Å²) in [7, 11) is 1.65. The molecule has 0 spiro atoms. The second-order valence-electron chi connectivity index (χ2n) is 9.72. The number of para-hydroxylation sites is 1. The lowest BCUT2D eigenvalue weighted by Crippen LogP contribution is -2.49. The molecule has 1 saturated heterocycles. The number of aryl methyl sites for hydroxylation is 1. The van der Waals surface area contributed by atoms with E-state index < -0.39 is 0 Å². The molecule has 7 heteroatoms. The molecule has 0 radical (unpaired) electrons. The van der Waals surface area contributed by atoms with Crippen molar-refractivity contribution >= 4 is 22.5 Å². The number of hydrogen-bond donors (Lipinski definition) is 0. The Hall–Kier alpha value is -4.78. The Morgan fingerprint density at radius 3 is 2.28 bits per heavy atom.